The number of nitrogens with one attached hydrogen (secondary N) is 1. The van der Waals surface area contributed by atoms with Crippen LogP contribution in [0.25, 0.3) is 93.5 Å². The Labute approximate surface area is 343 Å². The van der Waals surface area contributed by atoms with Gasteiger partial charge in [-0.25, -0.2) is 0 Å². The van der Waals surface area contributed by atoms with Crippen LogP contribution in [0.3, 0.4) is 0 Å². The lowest BCUT2D eigenvalue weighted by Gasteiger charge is -2.23. The van der Waals surface area contributed by atoms with Gasteiger partial charge < -0.3 is 9.88 Å². The van der Waals surface area contributed by atoms with Crippen LogP contribution in [0.4, 0.5) is 11.4 Å². The summed E-state index contributed by atoms with van der Waals surface area (Å²) in [5, 5.41) is 11.2. The van der Waals surface area contributed by atoms with Crippen molar-refractivity contribution in [3.05, 3.63) is 187 Å². The Morgan fingerprint density at radius 2 is 0.932 bits per heavy atom. The van der Waals surface area contributed by atoms with Gasteiger partial charge in [0.05, 0.1) is 28.5 Å². The summed E-state index contributed by atoms with van der Waals surface area (Å²) >= 11 is 0. The van der Waals surface area contributed by atoms with Gasteiger partial charge in [0.25, 0.3) is 0 Å². The first-order valence-corrected chi connectivity index (χ1v) is 20.7. The largest absolute Gasteiger partial charge is 0.375 e. The van der Waals surface area contributed by atoms with Crippen molar-refractivity contribution in [1.29, 1.82) is 0 Å². The van der Waals surface area contributed by atoms with Crippen LogP contribution in [0, 0.1) is 0 Å². The van der Waals surface area contributed by atoms with E-state index >= 15 is 0 Å². The molecule has 3 heteroatoms. The first-order chi connectivity index (χ1) is 28.9. The van der Waals surface area contributed by atoms with Gasteiger partial charge in [-0.3, -0.25) is 4.99 Å². The van der Waals surface area contributed by atoms with Gasteiger partial charge in [-0.15, -0.1) is 0 Å². The van der Waals surface area contributed by atoms with Crippen LogP contribution in [0.1, 0.15) is 31.9 Å². The zero-order chi connectivity index (χ0) is 39.4. The summed E-state index contributed by atoms with van der Waals surface area (Å²) in [6, 6.07) is 65.3. The minimum absolute atomic E-state index is 0.143. The number of fused-ring (bicyclic) bond motifs is 12. The standard InChI is InChI=1S/C56H41N3/c1-34-33-57-54-47-13-5-4-10-42(47)49-30-38(24-29-48(49)55(54)58-34)40-23-28-44-43-27-22-39(31-50(43)56(2,3)51(44)32-40)37-18-16-35(17-19-37)36-20-25-41(26-21-36)59-52-14-8-6-11-45(52)46-12-7-9-15-53(46)59/h4-34,58H,1-3H3. The van der Waals surface area contributed by atoms with Gasteiger partial charge in [-0.2, -0.15) is 0 Å². The molecule has 0 bridgehead atoms. The van der Waals surface area contributed by atoms with E-state index in [1.165, 1.54) is 105 Å². The Balaban J connectivity index is 0.848. The normalized spacial score (nSPS) is 15.1. The molecule has 0 spiro atoms. The van der Waals surface area contributed by atoms with Crippen molar-refractivity contribution in [3.8, 4) is 50.2 Å². The molecule has 3 nitrogen and oxygen atoms in total. The third-order valence-corrected chi connectivity index (χ3v) is 13.1. The number of nitrogens with zero attached hydrogens (tertiary/aromatic N) is 2. The number of anilines is 1. The summed E-state index contributed by atoms with van der Waals surface area (Å²) in [6.45, 7) is 6.91. The van der Waals surface area contributed by atoms with E-state index < -0.39 is 0 Å². The van der Waals surface area contributed by atoms with E-state index in [2.05, 4.69) is 207 Å². The molecule has 1 atom stereocenters. The van der Waals surface area contributed by atoms with Gasteiger partial charge in [0, 0.05) is 38.9 Å². The number of benzene rings is 9. The summed E-state index contributed by atoms with van der Waals surface area (Å²) in [7, 11) is 0. The molecular weight excluding hydrogens is 715 g/mol. The Morgan fingerprint density at radius 3 is 1.56 bits per heavy atom. The van der Waals surface area contributed by atoms with Gasteiger partial charge in [0.1, 0.15) is 0 Å². The third-order valence-electron chi connectivity index (χ3n) is 13.1. The monoisotopic (exact) mass is 755 g/mol. The number of hydrogen-bond acceptors (Lipinski definition) is 2. The lowest BCUT2D eigenvalue weighted by molar-refractivity contribution is 0.661. The summed E-state index contributed by atoms with van der Waals surface area (Å²) < 4.78 is 2.37. The lowest BCUT2D eigenvalue weighted by atomic mass is 9.80. The number of rotatable bonds is 4. The molecule has 12 rings (SSSR count). The molecule has 0 amide bonds. The topological polar surface area (TPSA) is 29.3 Å². The van der Waals surface area contributed by atoms with Gasteiger partial charge >= 0.3 is 0 Å². The van der Waals surface area contributed by atoms with E-state index in [1.54, 1.807) is 0 Å². The predicted octanol–water partition coefficient (Wildman–Crippen LogP) is 14.9. The molecule has 0 fully saturated rings. The molecule has 1 aliphatic carbocycles. The number of hydrogen-bond donors (Lipinski definition) is 1. The summed E-state index contributed by atoms with van der Waals surface area (Å²) in [5.74, 6) is 0. The highest BCUT2D eigenvalue weighted by atomic mass is 15.0. The van der Waals surface area contributed by atoms with E-state index in [4.69, 9.17) is 4.99 Å². The van der Waals surface area contributed by atoms with E-state index in [-0.39, 0.29) is 11.5 Å². The van der Waals surface area contributed by atoms with Crippen LogP contribution in [0.5, 0.6) is 0 Å². The lowest BCUT2D eigenvalue weighted by Crippen LogP contribution is -2.19. The van der Waals surface area contributed by atoms with Gasteiger partial charge in [-0.1, -0.05) is 147 Å². The molecule has 59 heavy (non-hydrogen) atoms. The van der Waals surface area contributed by atoms with Crippen LogP contribution in [-0.2, 0) is 5.41 Å². The summed E-state index contributed by atoms with van der Waals surface area (Å²) in [4.78, 5) is 4.89. The second-order valence-electron chi connectivity index (χ2n) is 16.9. The third kappa shape index (κ3) is 5.11. The molecule has 2 heterocycles. The zero-order valence-corrected chi connectivity index (χ0v) is 33.3. The Kier molecular flexibility index (Phi) is 7.25. The number of aliphatic imine (C=N–C) groups is 1. The second-order valence-corrected chi connectivity index (χ2v) is 16.9. The molecule has 1 unspecified atom stereocenters. The SMILES string of the molecule is CC1C=Nc2c(c3ccc(-c4ccc5c(c4)C(C)(C)c4cc(-c6ccc(-c7ccc(-n8c9ccccc9c9ccccc98)cc7)cc6)ccc4-5)cc3c3ccccc23)N1. The molecule has 280 valence electrons. The van der Waals surface area contributed by atoms with Crippen LogP contribution in [0.15, 0.2) is 181 Å². The fourth-order valence-electron chi connectivity index (χ4n) is 10.0. The van der Waals surface area contributed by atoms with Gasteiger partial charge in [0.15, 0.2) is 0 Å². The van der Waals surface area contributed by atoms with Crippen molar-refractivity contribution in [3.63, 3.8) is 0 Å². The molecule has 0 saturated carbocycles. The van der Waals surface area contributed by atoms with E-state index in [1.807, 2.05) is 6.21 Å². The first-order valence-electron chi connectivity index (χ1n) is 20.7. The Bertz CT molecular complexity index is 3330. The highest BCUT2D eigenvalue weighted by Gasteiger charge is 2.36. The summed E-state index contributed by atoms with van der Waals surface area (Å²) in [6.07, 6.45) is 2.01. The fourth-order valence-corrected chi connectivity index (χ4v) is 10.0. The maximum atomic E-state index is 4.89. The van der Waals surface area contributed by atoms with Crippen molar-refractivity contribution in [2.24, 2.45) is 4.99 Å². The molecule has 9 aromatic carbocycles. The number of para-hydroxylation sites is 2. The summed E-state index contributed by atoms with van der Waals surface area (Å²) in [5.41, 5.74) is 18.4. The van der Waals surface area contributed by atoms with Crippen LogP contribution in [0.2, 0.25) is 0 Å². The highest BCUT2D eigenvalue weighted by molar-refractivity contribution is 6.21. The second kappa shape index (κ2) is 12.6. The zero-order valence-electron chi connectivity index (χ0n) is 33.3. The van der Waals surface area contributed by atoms with Crippen molar-refractivity contribution in [2.45, 2.75) is 32.2 Å². The molecule has 2 aliphatic rings. The molecule has 1 aliphatic heterocycles. The molecule has 1 N–H and O–H groups in total. The minimum atomic E-state index is -0.143. The predicted molar refractivity (Wildman–Crippen MR) is 251 cm³/mol. The maximum absolute atomic E-state index is 4.89. The van der Waals surface area contributed by atoms with Crippen LogP contribution >= 0.6 is 0 Å². The first kappa shape index (κ1) is 33.9. The van der Waals surface area contributed by atoms with Crippen molar-refractivity contribution < 1.29 is 0 Å². The van der Waals surface area contributed by atoms with Crippen molar-refractivity contribution >= 4 is 60.9 Å². The molecule has 0 radical (unpaired) electrons. The van der Waals surface area contributed by atoms with Crippen LogP contribution < -0.4 is 5.32 Å². The maximum Gasteiger partial charge on any atom is 0.0943 e. The van der Waals surface area contributed by atoms with Gasteiger partial charge in [-0.05, 0) is 116 Å². The average Bonchev–Trinajstić information content (AvgIpc) is 3.74. The fraction of sp³-hybridized carbons (Fsp3) is 0.0893. The van der Waals surface area contributed by atoms with E-state index in [9.17, 15) is 0 Å². The van der Waals surface area contributed by atoms with Crippen molar-refractivity contribution in [2.75, 3.05) is 5.32 Å². The van der Waals surface area contributed by atoms with Gasteiger partial charge in [0.2, 0.25) is 0 Å². The van der Waals surface area contributed by atoms with Crippen molar-refractivity contribution in [1.82, 2.24) is 4.57 Å². The molecule has 1 aromatic heterocycles. The van der Waals surface area contributed by atoms with Crippen LogP contribution in [-0.4, -0.2) is 16.8 Å². The Morgan fingerprint density at radius 1 is 0.458 bits per heavy atom. The average molecular weight is 756 g/mol. The number of aromatic nitrogens is 1. The molecule has 0 saturated heterocycles. The van der Waals surface area contributed by atoms with E-state index in [0.29, 0.717) is 0 Å². The van der Waals surface area contributed by atoms with E-state index in [0.717, 1.165) is 11.4 Å². The Hall–Kier alpha value is -7.23. The highest BCUT2D eigenvalue weighted by Crippen LogP contribution is 2.51. The smallest absolute Gasteiger partial charge is 0.0943 e. The quantitative estimate of drug-likeness (QED) is 0.178. The minimum Gasteiger partial charge on any atom is -0.375 e. The molecular formula is C56H41N3. The molecule has 10 aromatic rings.